The summed E-state index contributed by atoms with van der Waals surface area (Å²) in [4.78, 5) is 24.7. The Labute approximate surface area is 186 Å². The van der Waals surface area contributed by atoms with Crippen LogP contribution < -0.4 is 10.2 Å². The number of rotatable bonds is 8. The van der Waals surface area contributed by atoms with Gasteiger partial charge in [0.1, 0.15) is 0 Å². The Hall–Kier alpha value is -2.40. The summed E-state index contributed by atoms with van der Waals surface area (Å²) in [5, 5.41) is 3.39. The Morgan fingerprint density at radius 1 is 1.26 bits per heavy atom. The van der Waals surface area contributed by atoms with Crippen LogP contribution in [-0.2, 0) is 16.0 Å². The van der Waals surface area contributed by atoms with E-state index < -0.39 is 0 Å². The average molecular weight is 447 g/mol. The Kier molecular flexibility index (Phi) is 7.23. The van der Waals surface area contributed by atoms with Gasteiger partial charge in [0, 0.05) is 44.6 Å². The molecule has 2 fully saturated rings. The molecule has 2 aliphatic rings. The predicted molar refractivity (Wildman–Crippen MR) is 122 cm³/mol. The third-order valence-electron chi connectivity index (χ3n) is 5.27. The summed E-state index contributed by atoms with van der Waals surface area (Å²) in [6.07, 6.45) is 4.30. The van der Waals surface area contributed by atoms with Crippen LogP contribution in [0.1, 0.15) is 12.2 Å². The summed E-state index contributed by atoms with van der Waals surface area (Å²) >= 11 is 6.57. The summed E-state index contributed by atoms with van der Waals surface area (Å²) in [6.45, 7) is 8.94. The van der Waals surface area contributed by atoms with Crippen LogP contribution in [0.3, 0.4) is 0 Å². The van der Waals surface area contributed by atoms with Crippen molar-refractivity contribution in [1.29, 1.82) is 0 Å². The second-order valence-electron chi connectivity index (χ2n) is 7.45. The summed E-state index contributed by atoms with van der Waals surface area (Å²) in [5.74, 6) is 1.62. The van der Waals surface area contributed by atoms with Gasteiger partial charge in [-0.2, -0.15) is 0 Å². The highest BCUT2D eigenvalue weighted by atomic mass is 35.5. The molecular weight excluding hydrogens is 420 g/mol. The molecule has 0 spiro atoms. The molecule has 2 aromatic heterocycles. The molecule has 1 atom stereocenters. The smallest absolute Gasteiger partial charge is 0.205 e. The third kappa shape index (κ3) is 4.93. The van der Waals surface area contributed by atoms with E-state index in [2.05, 4.69) is 31.9 Å². The zero-order valence-electron chi connectivity index (χ0n) is 17.6. The van der Waals surface area contributed by atoms with Crippen molar-refractivity contribution in [2.24, 2.45) is 15.9 Å². The minimum atomic E-state index is 0.377. The summed E-state index contributed by atoms with van der Waals surface area (Å²) < 4.78 is 13.0. The lowest BCUT2D eigenvalue weighted by atomic mass is 10.1. The molecule has 11 heteroatoms. The number of allylic oxidation sites excluding steroid dienone is 1. The second kappa shape index (κ2) is 10.3. The lowest BCUT2D eigenvalue weighted by Gasteiger charge is -2.28. The van der Waals surface area contributed by atoms with Crippen LogP contribution in [-0.4, -0.2) is 85.7 Å². The highest BCUT2D eigenvalue weighted by Crippen LogP contribution is 2.30. The molecule has 166 valence electrons. The number of nitrogens with one attached hydrogen (secondary N) is 1. The van der Waals surface area contributed by atoms with Crippen LogP contribution in [0.4, 0.5) is 5.82 Å². The average Bonchev–Trinajstić information content (AvgIpc) is 3.41. The van der Waals surface area contributed by atoms with Gasteiger partial charge in [0.2, 0.25) is 5.28 Å². The molecule has 0 aliphatic carbocycles. The zero-order valence-corrected chi connectivity index (χ0v) is 18.4. The van der Waals surface area contributed by atoms with Crippen molar-refractivity contribution >= 4 is 47.1 Å². The number of aliphatic imine (C=N–C) groups is 2. The number of aromatic nitrogens is 4. The second-order valence-corrected chi connectivity index (χ2v) is 7.79. The maximum absolute atomic E-state index is 6.57. The number of fused-ring (bicyclic) bond motifs is 1. The topological polar surface area (TPSA) is 102 Å². The number of hydrogen-bond donors (Lipinski definition) is 1. The van der Waals surface area contributed by atoms with Crippen LogP contribution in [0, 0.1) is 5.92 Å². The Morgan fingerprint density at radius 2 is 2.10 bits per heavy atom. The number of ether oxygens (including phenoxy) is 2. The van der Waals surface area contributed by atoms with Crippen LogP contribution in [0.5, 0.6) is 0 Å². The van der Waals surface area contributed by atoms with Gasteiger partial charge >= 0.3 is 0 Å². The monoisotopic (exact) mass is 446 g/mol. The van der Waals surface area contributed by atoms with Crippen LogP contribution in [0.25, 0.3) is 16.7 Å². The molecule has 0 aromatic carbocycles. The van der Waals surface area contributed by atoms with Crippen molar-refractivity contribution in [3.05, 3.63) is 17.3 Å². The molecule has 31 heavy (non-hydrogen) atoms. The van der Waals surface area contributed by atoms with Crippen molar-refractivity contribution in [2.45, 2.75) is 13.0 Å². The molecule has 0 bridgehead atoms. The number of anilines is 1. The largest absolute Gasteiger partial charge is 0.381 e. The fraction of sp³-hybridized carbons (Fsp3) is 0.550. The lowest BCUT2D eigenvalue weighted by Crippen LogP contribution is -2.37. The van der Waals surface area contributed by atoms with E-state index >= 15 is 0 Å². The molecule has 10 nitrogen and oxygen atoms in total. The van der Waals surface area contributed by atoms with Gasteiger partial charge in [0.05, 0.1) is 32.1 Å². The van der Waals surface area contributed by atoms with E-state index in [-0.39, 0.29) is 0 Å². The molecule has 1 N–H and O–H groups in total. The molecule has 0 amide bonds. The van der Waals surface area contributed by atoms with E-state index in [9.17, 15) is 0 Å². The molecule has 2 saturated heterocycles. The van der Waals surface area contributed by atoms with Gasteiger partial charge in [-0.1, -0.05) is 0 Å². The summed E-state index contributed by atoms with van der Waals surface area (Å²) in [6, 6.07) is 0. The van der Waals surface area contributed by atoms with E-state index in [1.807, 2.05) is 11.6 Å². The highest BCUT2D eigenvalue weighted by Gasteiger charge is 2.25. The summed E-state index contributed by atoms with van der Waals surface area (Å²) in [5.41, 5.74) is 2.04. The van der Waals surface area contributed by atoms with Crippen LogP contribution in [0.2, 0.25) is 5.28 Å². The quantitative estimate of drug-likeness (QED) is 0.485. The predicted octanol–water partition coefficient (Wildman–Crippen LogP) is 1.64. The van der Waals surface area contributed by atoms with Crippen molar-refractivity contribution in [3.63, 3.8) is 0 Å². The van der Waals surface area contributed by atoms with Crippen molar-refractivity contribution < 1.29 is 9.47 Å². The van der Waals surface area contributed by atoms with E-state index in [0.29, 0.717) is 66.8 Å². The van der Waals surface area contributed by atoms with Gasteiger partial charge in [-0.15, -0.1) is 0 Å². The first-order chi connectivity index (χ1) is 15.2. The van der Waals surface area contributed by atoms with Crippen LogP contribution in [0.15, 0.2) is 16.2 Å². The molecule has 2 aromatic rings. The van der Waals surface area contributed by atoms with Gasteiger partial charge in [-0.05, 0) is 31.8 Å². The number of nitrogens with zero attached hydrogens (tertiary/aromatic N) is 7. The number of morpholine rings is 1. The number of halogens is 1. The highest BCUT2D eigenvalue weighted by molar-refractivity contribution is 6.29. The molecular formula is C20H27ClN8O2. The molecule has 2 aliphatic heterocycles. The Balaban J connectivity index is 1.83. The van der Waals surface area contributed by atoms with Crippen molar-refractivity contribution in [1.82, 2.24) is 24.8 Å². The third-order valence-corrected chi connectivity index (χ3v) is 5.56. The van der Waals surface area contributed by atoms with Gasteiger partial charge in [-0.25, -0.2) is 15.0 Å². The fourth-order valence-corrected chi connectivity index (χ4v) is 3.95. The van der Waals surface area contributed by atoms with E-state index in [4.69, 9.17) is 31.0 Å². The van der Waals surface area contributed by atoms with Gasteiger partial charge in [0.15, 0.2) is 22.8 Å². The Morgan fingerprint density at radius 3 is 2.81 bits per heavy atom. The molecule has 1 unspecified atom stereocenters. The fourth-order valence-electron chi connectivity index (χ4n) is 3.71. The first-order valence-electron chi connectivity index (χ1n) is 10.4. The Bertz CT molecular complexity index is 977. The number of hydrogen-bond acceptors (Lipinski definition) is 9. The van der Waals surface area contributed by atoms with Gasteiger partial charge in [0.25, 0.3) is 0 Å². The van der Waals surface area contributed by atoms with Gasteiger partial charge in [-0.3, -0.25) is 14.6 Å². The summed E-state index contributed by atoms with van der Waals surface area (Å²) in [7, 11) is 1.83. The normalized spacial score (nSPS) is 20.3. The maximum atomic E-state index is 6.57. The maximum Gasteiger partial charge on any atom is 0.205 e. The minimum absolute atomic E-state index is 0.377. The SMILES string of the molecule is C=N/C=C(\C=N/CNC)c1nc(N2CCOCC2)c2nc(Cl)n(CC3CCOC3)c2n1. The molecule has 0 radical (unpaired) electrons. The number of imidazole rings is 1. The van der Waals surface area contributed by atoms with Gasteiger partial charge < -0.3 is 19.7 Å². The first-order valence-corrected chi connectivity index (χ1v) is 10.7. The van der Waals surface area contributed by atoms with E-state index in [0.717, 1.165) is 31.9 Å². The lowest BCUT2D eigenvalue weighted by molar-refractivity contribution is 0.122. The van der Waals surface area contributed by atoms with Crippen molar-refractivity contribution in [3.8, 4) is 0 Å². The van der Waals surface area contributed by atoms with Crippen LogP contribution >= 0.6 is 11.6 Å². The molecule has 0 saturated carbocycles. The molecule has 4 heterocycles. The van der Waals surface area contributed by atoms with Crippen molar-refractivity contribution in [2.75, 3.05) is 58.1 Å². The minimum Gasteiger partial charge on any atom is -0.381 e. The van der Waals surface area contributed by atoms with E-state index in [1.54, 1.807) is 12.4 Å². The van der Waals surface area contributed by atoms with E-state index in [1.165, 1.54) is 0 Å². The first kappa shape index (κ1) is 21.8. The standard InChI is InChI=1S/C20H27ClN8O2/c1-22-9-15(10-24-13-23-2)17-26-18(28-4-7-30-8-5-28)16-19(27-17)29(20(21)25-16)11-14-3-6-31-12-14/h9-10,14,23H,1,3-8,11-13H2,2H3/b15-9+,24-10-. The zero-order chi connectivity index (χ0) is 21.6. The molecule has 4 rings (SSSR count).